The maximum Gasteiger partial charge on any atom is 0.165 e. The maximum absolute atomic E-state index is 13.2. The van der Waals surface area contributed by atoms with Gasteiger partial charge in [0.15, 0.2) is 17.3 Å². The summed E-state index contributed by atoms with van der Waals surface area (Å²) in [5, 5.41) is 21.9. The fourth-order valence-corrected chi connectivity index (χ4v) is 6.98. The first-order valence-electron chi connectivity index (χ1n) is 9.73. The van der Waals surface area contributed by atoms with E-state index in [1.807, 2.05) is 13.0 Å². The van der Waals surface area contributed by atoms with Gasteiger partial charge in [0.25, 0.3) is 0 Å². The predicted octanol–water partition coefficient (Wildman–Crippen LogP) is 1.84. The number of rotatable bonds is 1. The number of allylic oxidation sites excluding steroid dienone is 2. The average molecular weight is 360 g/mol. The van der Waals surface area contributed by atoms with Gasteiger partial charge in [0.05, 0.1) is 0 Å². The minimum absolute atomic E-state index is 0.0368. The van der Waals surface area contributed by atoms with E-state index < -0.39 is 22.5 Å². The monoisotopic (exact) mass is 360 g/mol. The van der Waals surface area contributed by atoms with Crippen molar-refractivity contribution in [1.29, 1.82) is 0 Å². The second kappa shape index (κ2) is 5.35. The molecule has 0 saturated heterocycles. The van der Waals surface area contributed by atoms with Gasteiger partial charge in [0.2, 0.25) is 0 Å². The molecule has 2 N–H and O–H groups in total. The number of carbonyl (C=O) groups is 3. The zero-order valence-corrected chi connectivity index (χ0v) is 15.7. The third-order valence-electron chi connectivity index (χ3n) is 8.65. The Hall–Kier alpha value is -1.33. The fourth-order valence-electron chi connectivity index (χ4n) is 6.98. The second-order valence-electron chi connectivity index (χ2n) is 9.47. The quantitative estimate of drug-likeness (QED) is 0.744. The summed E-state index contributed by atoms with van der Waals surface area (Å²) in [5.74, 6) is -1.25. The maximum atomic E-state index is 13.2. The summed E-state index contributed by atoms with van der Waals surface area (Å²) < 4.78 is 0. The van der Waals surface area contributed by atoms with Crippen LogP contribution in [0.2, 0.25) is 0 Å². The van der Waals surface area contributed by atoms with Crippen LogP contribution in [0.4, 0.5) is 0 Å². The second-order valence-corrected chi connectivity index (χ2v) is 9.47. The molecule has 26 heavy (non-hydrogen) atoms. The van der Waals surface area contributed by atoms with E-state index in [1.165, 1.54) is 6.92 Å². The lowest BCUT2D eigenvalue weighted by molar-refractivity contribution is -0.180. The first-order valence-corrected chi connectivity index (χ1v) is 9.73. The van der Waals surface area contributed by atoms with Crippen LogP contribution in [0.15, 0.2) is 12.2 Å². The van der Waals surface area contributed by atoms with Gasteiger partial charge in [-0.15, -0.1) is 0 Å². The third-order valence-corrected chi connectivity index (χ3v) is 8.65. The van der Waals surface area contributed by atoms with Crippen LogP contribution >= 0.6 is 0 Å². The molecule has 0 spiro atoms. The zero-order valence-electron chi connectivity index (χ0n) is 15.7. The molecule has 8 atom stereocenters. The summed E-state index contributed by atoms with van der Waals surface area (Å²) in [4.78, 5) is 37.3. The van der Waals surface area contributed by atoms with Crippen molar-refractivity contribution >= 4 is 17.3 Å². The van der Waals surface area contributed by atoms with Crippen LogP contribution in [0.5, 0.6) is 0 Å². The van der Waals surface area contributed by atoms with Crippen LogP contribution in [0, 0.1) is 34.5 Å². The molecule has 0 aromatic rings. The molecule has 0 bridgehead atoms. The summed E-state index contributed by atoms with van der Waals surface area (Å²) in [6, 6.07) is 0. The molecule has 4 aliphatic carbocycles. The molecule has 142 valence electrons. The Morgan fingerprint density at radius 3 is 2.42 bits per heavy atom. The lowest BCUT2D eigenvalue weighted by Gasteiger charge is -2.59. The summed E-state index contributed by atoms with van der Waals surface area (Å²) >= 11 is 0. The molecule has 5 heteroatoms. The summed E-state index contributed by atoms with van der Waals surface area (Å²) in [7, 11) is 0. The van der Waals surface area contributed by atoms with Crippen LogP contribution < -0.4 is 0 Å². The predicted molar refractivity (Wildman–Crippen MR) is 94.1 cm³/mol. The van der Waals surface area contributed by atoms with E-state index in [0.29, 0.717) is 19.3 Å². The molecule has 3 saturated carbocycles. The average Bonchev–Trinajstić information content (AvgIpc) is 2.87. The Morgan fingerprint density at radius 2 is 1.77 bits per heavy atom. The molecule has 4 rings (SSSR count). The molecule has 0 aliphatic heterocycles. The molecule has 5 nitrogen and oxygen atoms in total. The van der Waals surface area contributed by atoms with Crippen molar-refractivity contribution in [3.63, 3.8) is 0 Å². The van der Waals surface area contributed by atoms with Crippen molar-refractivity contribution in [1.82, 2.24) is 0 Å². The highest BCUT2D eigenvalue weighted by Gasteiger charge is 2.68. The Balaban J connectivity index is 1.79. The highest BCUT2D eigenvalue weighted by Crippen LogP contribution is 2.66. The van der Waals surface area contributed by atoms with E-state index in [4.69, 9.17) is 0 Å². The van der Waals surface area contributed by atoms with E-state index in [0.717, 1.165) is 6.42 Å². The van der Waals surface area contributed by atoms with E-state index >= 15 is 0 Å². The Morgan fingerprint density at radius 1 is 1.12 bits per heavy atom. The minimum atomic E-state index is -1.38. The molecule has 0 aromatic heterocycles. The Bertz CT molecular complexity index is 726. The molecular formula is C21H28O5. The van der Waals surface area contributed by atoms with Crippen LogP contribution in [-0.2, 0) is 14.4 Å². The molecule has 3 fully saturated rings. The largest absolute Gasteiger partial charge is 0.385 e. The van der Waals surface area contributed by atoms with Crippen molar-refractivity contribution in [2.45, 2.75) is 64.6 Å². The number of aliphatic hydroxyl groups excluding tert-OH is 1. The van der Waals surface area contributed by atoms with Crippen LogP contribution in [0.25, 0.3) is 0 Å². The molecule has 0 aromatic carbocycles. The van der Waals surface area contributed by atoms with Crippen LogP contribution in [-0.4, -0.2) is 39.3 Å². The van der Waals surface area contributed by atoms with Gasteiger partial charge in [0, 0.05) is 23.7 Å². The molecule has 0 radical (unpaired) electrons. The summed E-state index contributed by atoms with van der Waals surface area (Å²) in [6.07, 6.45) is 4.97. The normalized spacial score (nSPS) is 53.0. The van der Waals surface area contributed by atoms with Gasteiger partial charge in [-0.3, -0.25) is 14.4 Å². The van der Waals surface area contributed by atoms with Gasteiger partial charge in [-0.25, -0.2) is 0 Å². The molecule has 0 heterocycles. The van der Waals surface area contributed by atoms with Crippen LogP contribution in [0.1, 0.15) is 52.9 Å². The van der Waals surface area contributed by atoms with Crippen molar-refractivity contribution in [3.05, 3.63) is 12.2 Å². The fraction of sp³-hybridized carbons (Fsp3) is 0.762. The molecule has 4 aliphatic rings. The highest BCUT2D eigenvalue weighted by atomic mass is 16.3. The molecule has 2 unspecified atom stereocenters. The van der Waals surface area contributed by atoms with Crippen molar-refractivity contribution in [3.8, 4) is 0 Å². The van der Waals surface area contributed by atoms with E-state index in [1.54, 1.807) is 6.08 Å². The number of hydrogen-bond acceptors (Lipinski definition) is 5. The van der Waals surface area contributed by atoms with Crippen LogP contribution in [0.3, 0.4) is 0 Å². The van der Waals surface area contributed by atoms with Gasteiger partial charge in [-0.2, -0.15) is 0 Å². The van der Waals surface area contributed by atoms with E-state index in [9.17, 15) is 24.6 Å². The summed E-state index contributed by atoms with van der Waals surface area (Å²) in [5.41, 5.74) is -2.42. The van der Waals surface area contributed by atoms with Gasteiger partial charge >= 0.3 is 0 Å². The summed E-state index contributed by atoms with van der Waals surface area (Å²) in [6.45, 7) is 5.43. The Labute approximate surface area is 153 Å². The standard InChI is InChI=1S/C21H28O5/c1-11(22)21(26)9-6-14-16-13(5-8-20(14,21)3)19(2)7-4-12(23)10-15(19)17(24)18(16)25/h4,7,13-17,24,26H,5-6,8-10H2,1-3H3/t13-,14-,15?,16+,17?,19+,20-,21-/m0/s1. The van der Waals surface area contributed by atoms with Gasteiger partial charge < -0.3 is 10.2 Å². The van der Waals surface area contributed by atoms with Crippen molar-refractivity contribution < 1.29 is 24.6 Å². The molecular weight excluding hydrogens is 332 g/mol. The number of aliphatic hydroxyl groups is 2. The van der Waals surface area contributed by atoms with Gasteiger partial charge in [-0.05, 0) is 55.9 Å². The van der Waals surface area contributed by atoms with Crippen molar-refractivity contribution in [2.75, 3.05) is 0 Å². The highest BCUT2D eigenvalue weighted by molar-refractivity contribution is 5.94. The zero-order chi connectivity index (χ0) is 19.1. The number of fused-ring (bicyclic) bond motifs is 5. The van der Waals surface area contributed by atoms with Gasteiger partial charge in [-0.1, -0.05) is 19.9 Å². The number of ketones is 3. The van der Waals surface area contributed by atoms with Crippen molar-refractivity contribution in [2.24, 2.45) is 34.5 Å². The lowest BCUT2D eigenvalue weighted by atomic mass is 9.44. The lowest BCUT2D eigenvalue weighted by Crippen LogP contribution is -2.63. The number of hydrogen-bond donors (Lipinski definition) is 2. The van der Waals surface area contributed by atoms with Gasteiger partial charge in [0.1, 0.15) is 11.7 Å². The number of Topliss-reactive ketones (excluding diaryl/α,β-unsaturated/α-hetero) is 2. The smallest absolute Gasteiger partial charge is 0.165 e. The first-order chi connectivity index (χ1) is 12.1. The SMILES string of the molecule is CC(=O)[C@@]1(O)CC[C@H]2[C@@H]3C(=O)C(O)C4CC(=O)C=C[C@]4(C)[C@H]3CC[C@@]21C. The van der Waals surface area contributed by atoms with E-state index in [-0.39, 0.29) is 47.4 Å². The molecule has 0 amide bonds. The third kappa shape index (κ3) is 1.96. The number of carbonyl (C=O) groups excluding carboxylic acids is 3. The Kier molecular flexibility index (Phi) is 3.72. The first kappa shape index (κ1) is 18.1. The minimum Gasteiger partial charge on any atom is -0.385 e. The van der Waals surface area contributed by atoms with E-state index in [2.05, 4.69) is 6.92 Å². The topological polar surface area (TPSA) is 91.7 Å².